The molecule has 0 radical (unpaired) electrons. The van der Waals surface area contributed by atoms with Gasteiger partial charge in [-0.3, -0.25) is 0 Å². The lowest BCUT2D eigenvalue weighted by molar-refractivity contribution is 0.673. The van der Waals surface area contributed by atoms with Crippen LogP contribution in [-0.4, -0.2) is 9.97 Å². The van der Waals surface area contributed by atoms with Crippen molar-refractivity contribution in [3.8, 4) is 67.3 Å². The summed E-state index contributed by atoms with van der Waals surface area (Å²) in [5.74, 6) is 0.539. The van der Waals surface area contributed by atoms with Crippen molar-refractivity contribution >= 4 is 32.7 Å². The first-order chi connectivity index (χ1) is 28.3. The van der Waals surface area contributed by atoms with Crippen molar-refractivity contribution in [2.45, 2.75) is 0 Å². The zero-order valence-corrected chi connectivity index (χ0v) is 28.4. The second kappa shape index (κ2) is 12.9. The Kier molecular flexibility index (Phi) is 6.28. The highest BCUT2D eigenvalue weighted by atomic mass is 16.3. The fourth-order valence-corrected chi connectivity index (χ4v) is 7.17. The molecule has 0 saturated heterocycles. The van der Waals surface area contributed by atoms with Gasteiger partial charge in [0.2, 0.25) is 0 Å². The molecule has 248 valence electrons. The number of fused-ring (bicyclic) bond motifs is 5. The predicted octanol–water partition coefficient (Wildman–Crippen LogP) is 13.5. The van der Waals surface area contributed by atoms with Crippen LogP contribution in [0.3, 0.4) is 0 Å². The van der Waals surface area contributed by atoms with Gasteiger partial charge >= 0.3 is 0 Å². The highest BCUT2D eigenvalue weighted by Gasteiger charge is 2.19. The minimum Gasteiger partial charge on any atom is -0.455 e. The molecular weight excluding hydrogens is 645 g/mol. The van der Waals surface area contributed by atoms with Crippen LogP contribution in [0.2, 0.25) is 0 Å². The van der Waals surface area contributed by atoms with E-state index in [1.54, 1.807) is 12.1 Å². The average Bonchev–Trinajstić information content (AvgIpc) is 3.66. The van der Waals surface area contributed by atoms with Crippen molar-refractivity contribution in [1.82, 2.24) is 9.97 Å². The van der Waals surface area contributed by atoms with E-state index in [0.717, 1.165) is 71.9 Å². The molecule has 10 aromatic rings. The van der Waals surface area contributed by atoms with Crippen molar-refractivity contribution in [3.63, 3.8) is 0 Å². The lowest BCUT2D eigenvalue weighted by atomic mass is 9.97. The molecule has 0 N–H and O–H groups in total. The third kappa shape index (κ3) is 5.65. The van der Waals surface area contributed by atoms with Crippen LogP contribution in [0.4, 0.5) is 0 Å². The van der Waals surface area contributed by atoms with Gasteiger partial charge in [0.05, 0.1) is 18.2 Å². The Labute approximate surface area is 314 Å². The van der Waals surface area contributed by atoms with Gasteiger partial charge in [0.15, 0.2) is 5.82 Å². The minimum atomic E-state index is -0.426. The van der Waals surface area contributed by atoms with Crippen LogP contribution in [0.1, 0.15) is 6.85 Å². The number of nitrogens with zero attached hydrogens (tertiary/aromatic N) is 2. The SMILES string of the molecule is [2H]c1c([2H])c([2H])c(-c2ccc3oc4c5ccccc5c(-c5nc(-c6cccc(-c7ccccc7)c6)cc(-c6cccc(-c7ccccc7)c6)n5)cc4c3c2)c([2H])c1[2H]. The Balaban J connectivity index is 1.22. The van der Waals surface area contributed by atoms with Crippen molar-refractivity contribution in [1.29, 1.82) is 0 Å². The summed E-state index contributed by atoms with van der Waals surface area (Å²) in [5, 5.41) is 3.33. The number of aromatic nitrogens is 2. The van der Waals surface area contributed by atoms with Crippen LogP contribution in [0.25, 0.3) is 100.0 Å². The molecule has 2 aromatic heterocycles. The van der Waals surface area contributed by atoms with Gasteiger partial charge in [-0.2, -0.15) is 0 Å². The highest BCUT2D eigenvalue weighted by molar-refractivity contribution is 6.19. The molecule has 2 heterocycles. The van der Waals surface area contributed by atoms with E-state index in [4.69, 9.17) is 21.2 Å². The molecule has 0 aliphatic carbocycles. The Morgan fingerprint density at radius 3 is 1.57 bits per heavy atom. The van der Waals surface area contributed by atoms with Crippen LogP contribution in [0.5, 0.6) is 0 Å². The molecule has 8 aromatic carbocycles. The number of rotatable bonds is 6. The molecule has 0 bridgehead atoms. The predicted molar refractivity (Wildman–Crippen MR) is 219 cm³/mol. The number of benzene rings is 8. The normalized spacial score (nSPS) is 12.7. The Morgan fingerprint density at radius 2 is 0.925 bits per heavy atom. The van der Waals surface area contributed by atoms with E-state index in [0.29, 0.717) is 22.6 Å². The summed E-state index contributed by atoms with van der Waals surface area (Å²) in [7, 11) is 0. The van der Waals surface area contributed by atoms with Crippen LogP contribution in [0.15, 0.2) is 198 Å². The fraction of sp³-hybridized carbons (Fsp3) is 0. The van der Waals surface area contributed by atoms with E-state index >= 15 is 0 Å². The van der Waals surface area contributed by atoms with Crippen molar-refractivity contribution < 1.29 is 11.3 Å². The molecule has 0 aliphatic rings. The molecule has 3 nitrogen and oxygen atoms in total. The summed E-state index contributed by atoms with van der Waals surface area (Å²) in [5.41, 5.74) is 10.6. The molecule has 0 amide bonds. The summed E-state index contributed by atoms with van der Waals surface area (Å²) >= 11 is 0. The molecule has 0 atom stereocenters. The van der Waals surface area contributed by atoms with E-state index in [-0.39, 0.29) is 29.7 Å². The average molecular weight is 682 g/mol. The van der Waals surface area contributed by atoms with E-state index in [9.17, 15) is 0 Å². The molecule has 0 spiro atoms. The Hall–Kier alpha value is -7.10. The largest absolute Gasteiger partial charge is 0.455 e. The first-order valence-electron chi connectivity index (χ1n) is 20.0. The van der Waals surface area contributed by atoms with Gasteiger partial charge in [-0.05, 0) is 75.2 Å². The minimum absolute atomic E-state index is 0.138. The Morgan fingerprint density at radius 1 is 0.377 bits per heavy atom. The quantitative estimate of drug-likeness (QED) is 0.175. The van der Waals surface area contributed by atoms with E-state index < -0.39 is 6.04 Å². The topological polar surface area (TPSA) is 38.9 Å². The standard InChI is InChI=1S/C50H32N2O/c1-4-14-33(15-5-1)36-20-12-22-39(28-36)46-32-47(40-23-13-21-37(29-40)34-16-6-2-7-17-34)52-50(51-46)45-31-44-43-30-38(35-18-8-3-9-19-35)26-27-48(43)53-49(44)42-25-11-10-24-41(42)45/h1-32H/i3D,8D,9D,18D,19D. The van der Waals surface area contributed by atoms with E-state index in [2.05, 4.69) is 91.0 Å². The Bertz CT molecular complexity index is 3110. The van der Waals surface area contributed by atoms with Gasteiger partial charge in [-0.15, -0.1) is 0 Å². The molecule has 0 saturated carbocycles. The van der Waals surface area contributed by atoms with Crippen LogP contribution >= 0.6 is 0 Å². The summed E-state index contributed by atoms with van der Waals surface area (Å²) in [4.78, 5) is 10.6. The van der Waals surface area contributed by atoms with Crippen molar-refractivity contribution in [2.75, 3.05) is 0 Å². The van der Waals surface area contributed by atoms with Crippen LogP contribution in [-0.2, 0) is 0 Å². The molecule has 0 fully saturated rings. The second-order valence-electron chi connectivity index (χ2n) is 13.0. The summed E-state index contributed by atoms with van der Waals surface area (Å²) in [6, 6.07) is 53.3. The first-order valence-corrected chi connectivity index (χ1v) is 17.5. The molecule has 0 unspecified atom stereocenters. The van der Waals surface area contributed by atoms with Crippen molar-refractivity contribution in [3.05, 3.63) is 194 Å². The van der Waals surface area contributed by atoms with Gasteiger partial charge in [0.1, 0.15) is 11.2 Å². The van der Waals surface area contributed by atoms with Gasteiger partial charge in [0, 0.05) is 32.8 Å². The molecule has 53 heavy (non-hydrogen) atoms. The first kappa shape index (κ1) is 25.8. The number of hydrogen-bond acceptors (Lipinski definition) is 3. The maximum atomic E-state index is 8.65. The molecule has 0 aliphatic heterocycles. The molecule has 10 rings (SSSR count). The highest BCUT2D eigenvalue weighted by Crippen LogP contribution is 2.41. The van der Waals surface area contributed by atoms with Gasteiger partial charge in [0.25, 0.3) is 0 Å². The maximum Gasteiger partial charge on any atom is 0.161 e. The summed E-state index contributed by atoms with van der Waals surface area (Å²) in [6.07, 6.45) is 0. The number of hydrogen-bond donors (Lipinski definition) is 0. The van der Waals surface area contributed by atoms with Crippen molar-refractivity contribution in [2.24, 2.45) is 0 Å². The van der Waals surface area contributed by atoms with Crippen LogP contribution < -0.4 is 0 Å². The lowest BCUT2D eigenvalue weighted by Gasteiger charge is -2.13. The van der Waals surface area contributed by atoms with Gasteiger partial charge < -0.3 is 4.42 Å². The monoisotopic (exact) mass is 681 g/mol. The third-order valence-corrected chi connectivity index (χ3v) is 9.76. The lowest BCUT2D eigenvalue weighted by Crippen LogP contribution is -1.97. The van der Waals surface area contributed by atoms with E-state index in [1.807, 2.05) is 60.7 Å². The number of furan rings is 1. The summed E-state index contributed by atoms with van der Waals surface area (Å²) in [6.45, 7) is 0. The zero-order chi connectivity index (χ0) is 39.5. The zero-order valence-electron chi connectivity index (χ0n) is 33.4. The molecule has 3 heteroatoms. The summed E-state index contributed by atoms with van der Waals surface area (Å²) < 4.78 is 48.5. The second-order valence-corrected chi connectivity index (χ2v) is 13.0. The fourth-order valence-electron chi connectivity index (χ4n) is 7.17. The smallest absolute Gasteiger partial charge is 0.161 e. The van der Waals surface area contributed by atoms with Crippen LogP contribution in [0, 0.1) is 0 Å². The van der Waals surface area contributed by atoms with Gasteiger partial charge in [-0.1, -0.05) is 158 Å². The van der Waals surface area contributed by atoms with E-state index in [1.165, 1.54) is 0 Å². The third-order valence-electron chi connectivity index (χ3n) is 9.76. The molecular formula is C50H32N2O. The van der Waals surface area contributed by atoms with Gasteiger partial charge in [-0.25, -0.2) is 9.97 Å². The maximum absolute atomic E-state index is 8.65.